The van der Waals surface area contributed by atoms with Crippen LogP contribution in [0.15, 0.2) is 47.4 Å². The van der Waals surface area contributed by atoms with Gasteiger partial charge in [0.15, 0.2) is 5.78 Å². The van der Waals surface area contributed by atoms with Crippen molar-refractivity contribution in [2.45, 2.75) is 39.5 Å². The van der Waals surface area contributed by atoms with Crippen LogP contribution in [0.3, 0.4) is 0 Å². The molecule has 2 aromatic carbocycles. The second-order valence-electron chi connectivity index (χ2n) is 8.05. The van der Waals surface area contributed by atoms with Crippen molar-refractivity contribution in [3.05, 3.63) is 53.6 Å². The van der Waals surface area contributed by atoms with E-state index in [0.29, 0.717) is 0 Å². The van der Waals surface area contributed by atoms with E-state index in [-0.39, 0.29) is 28.6 Å². The van der Waals surface area contributed by atoms with E-state index in [1.165, 1.54) is 11.0 Å². The summed E-state index contributed by atoms with van der Waals surface area (Å²) in [6.45, 7) is 8.88. The number of nitrogens with zero attached hydrogens (tertiary/aromatic N) is 2. The maximum atomic E-state index is 13.3. The second-order valence-corrected chi connectivity index (χ2v) is 9.80. The molecular formula is C21H24N2O4S. The van der Waals surface area contributed by atoms with Crippen LogP contribution in [-0.2, 0) is 14.8 Å². The first-order valence-corrected chi connectivity index (χ1v) is 10.4. The number of ketones is 1. The smallest absolute Gasteiger partial charge is 0.297 e. The molecule has 0 atom stereocenters. The van der Waals surface area contributed by atoms with Crippen molar-refractivity contribution in [2.24, 2.45) is 5.41 Å². The number of benzene rings is 2. The van der Waals surface area contributed by atoms with Crippen LogP contribution in [-0.4, -0.2) is 26.8 Å². The van der Waals surface area contributed by atoms with Crippen molar-refractivity contribution in [3.63, 3.8) is 0 Å². The van der Waals surface area contributed by atoms with Gasteiger partial charge in [0.1, 0.15) is 4.90 Å². The molecule has 0 aromatic heterocycles. The molecule has 0 N–H and O–H groups in total. The number of para-hydroxylation sites is 1. The lowest BCUT2D eigenvalue weighted by Gasteiger charge is -2.37. The van der Waals surface area contributed by atoms with Crippen LogP contribution in [0.4, 0.5) is 16.2 Å². The quantitative estimate of drug-likeness (QED) is 0.779. The highest BCUT2D eigenvalue weighted by atomic mass is 32.2. The lowest BCUT2D eigenvalue weighted by Crippen LogP contribution is -2.53. The van der Waals surface area contributed by atoms with E-state index in [1.807, 2.05) is 13.8 Å². The number of urea groups is 1. The molecule has 28 heavy (non-hydrogen) atoms. The summed E-state index contributed by atoms with van der Waals surface area (Å²) in [5, 5.41) is 0. The Kier molecular flexibility index (Phi) is 4.83. The zero-order valence-electron chi connectivity index (χ0n) is 16.7. The Balaban J connectivity index is 2.18. The Labute approximate surface area is 165 Å². The molecule has 0 saturated heterocycles. The summed E-state index contributed by atoms with van der Waals surface area (Å²) in [5.41, 5.74) is 1.69. The molecule has 0 aliphatic carbocycles. The molecule has 1 heterocycles. The van der Waals surface area contributed by atoms with E-state index in [9.17, 15) is 18.0 Å². The first-order chi connectivity index (χ1) is 12.9. The Morgan fingerprint density at radius 3 is 2.25 bits per heavy atom. The van der Waals surface area contributed by atoms with Gasteiger partial charge in [-0.15, -0.1) is 0 Å². The fourth-order valence-electron chi connectivity index (χ4n) is 2.95. The minimum atomic E-state index is -4.09. The molecular weight excluding hydrogens is 376 g/mol. The number of anilines is 2. The molecule has 1 aliphatic heterocycles. The van der Waals surface area contributed by atoms with E-state index in [2.05, 4.69) is 0 Å². The number of carbonyl (C=O) groups excluding carboxylic acids is 2. The molecule has 0 fully saturated rings. The molecule has 0 radical (unpaired) electrons. The largest absolute Gasteiger partial charge is 0.343 e. The molecule has 1 aliphatic rings. The van der Waals surface area contributed by atoms with Gasteiger partial charge in [-0.1, -0.05) is 39.0 Å². The Morgan fingerprint density at radius 2 is 1.64 bits per heavy atom. The van der Waals surface area contributed by atoms with Crippen molar-refractivity contribution in [2.75, 3.05) is 15.7 Å². The molecule has 148 valence electrons. The fourth-order valence-corrected chi connectivity index (χ4v) is 4.53. The Bertz CT molecular complexity index is 1070. The third kappa shape index (κ3) is 3.30. The van der Waals surface area contributed by atoms with Gasteiger partial charge in [0.2, 0.25) is 0 Å². The first-order valence-electron chi connectivity index (χ1n) is 9.01. The Morgan fingerprint density at radius 1 is 1.00 bits per heavy atom. The van der Waals surface area contributed by atoms with Gasteiger partial charge in [0.25, 0.3) is 10.0 Å². The maximum Gasteiger partial charge on any atom is 0.343 e. The maximum absolute atomic E-state index is 13.3. The number of sulfonamides is 1. The monoisotopic (exact) mass is 400 g/mol. The van der Waals surface area contributed by atoms with E-state index >= 15 is 0 Å². The van der Waals surface area contributed by atoms with Gasteiger partial charge in [-0.3, -0.25) is 9.69 Å². The minimum Gasteiger partial charge on any atom is -0.297 e. The van der Waals surface area contributed by atoms with Crippen molar-refractivity contribution >= 4 is 33.2 Å². The third-order valence-corrected chi connectivity index (χ3v) is 6.69. The highest BCUT2D eigenvalue weighted by Gasteiger charge is 2.43. The highest BCUT2D eigenvalue weighted by molar-refractivity contribution is 7.94. The average molecular weight is 401 g/mol. The van der Waals surface area contributed by atoms with Crippen LogP contribution < -0.4 is 9.21 Å². The average Bonchev–Trinajstić information content (AvgIpc) is 2.60. The van der Waals surface area contributed by atoms with Gasteiger partial charge in [-0.25, -0.2) is 13.2 Å². The molecule has 2 amide bonds. The molecule has 7 heteroatoms. The summed E-state index contributed by atoms with van der Waals surface area (Å²) >= 11 is 0. The SMILES string of the molecule is Cc1ccc(N2C(=O)N(CC(=O)C(C)(C)C)c3ccccc3S2(=O)=O)cc1C. The summed E-state index contributed by atoms with van der Waals surface area (Å²) in [6, 6.07) is 10.6. The van der Waals surface area contributed by atoms with Crippen LogP contribution in [0.2, 0.25) is 0 Å². The molecule has 0 bridgehead atoms. The number of Topliss-reactive ketones (excluding diaryl/α,β-unsaturated/α-hetero) is 1. The summed E-state index contributed by atoms with van der Waals surface area (Å²) in [6.07, 6.45) is 0. The lowest BCUT2D eigenvalue weighted by atomic mass is 9.90. The zero-order chi connectivity index (χ0) is 20.9. The van der Waals surface area contributed by atoms with Crippen LogP contribution in [0.1, 0.15) is 31.9 Å². The molecule has 0 saturated carbocycles. The molecule has 0 unspecified atom stereocenters. The normalized spacial score (nSPS) is 16.1. The number of aryl methyl sites for hydroxylation is 2. The fraction of sp³-hybridized carbons (Fsp3) is 0.333. The predicted octanol–water partition coefficient (Wildman–Crippen LogP) is 4.05. The number of hydrogen-bond acceptors (Lipinski definition) is 4. The molecule has 3 rings (SSSR count). The van der Waals surface area contributed by atoms with E-state index in [1.54, 1.807) is 57.2 Å². The molecule has 6 nitrogen and oxygen atoms in total. The van der Waals surface area contributed by atoms with Crippen LogP contribution in [0.5, 0.6) is 0 Å². The van der Waals surface area contributed by atoms with Gasteiger partial charge >= 0.3 is 6.03 Å². The second kappa shape index (κ2) is 6.74. The zero-order valence-corrected chi connectivity index (χ0v) is 17.5. The van der Waals surface area contributed by atoms with E-state index in [4.69, 9.17) is 0 Å². The number of fused-ring (bicyclic) bond motifs is 1. The standard InChI is InChI=1S/C21H24N2O4S/c1-14-10-11-16(12-15(14)2)23-20(25)22(13-19(24)21(3,4)5)17-8-6-7-9-18(17)28(23,26)27/h6-12H,13H2,1-5H3. The van der Waals surface area contributed by atoms with Gasteiger partial charge in [0, 0.05) is 5.41 Å². The third-order valence-electron chi connectivity index (χ3n) is 4.94. The Hall–Kier alpha value is -2.67. The van der Waals surface area contributed by atoms with Gasteiger partial charge in [-0.05, 0) is 49.2 Å². The van der Waals surface area contributed by atoms with Gasteiger partial charge in [-0.2, -0.15) is 4.31 Å². The number of hydrogen-bond donors (Lipinski definition) is 0. The van der Waals surface area contributed by atoms with Gasteiger partial charge < -0.3 is 0 Å². The summed E-state index contributed by atoms with van der Waals surface area (Å²) < 4.78 is 27.3. The van der Waals surface area contributed by atoms with E-state index in [0.717, 1.165) is 15.4 Å². The first kappa shape index (κ1) is 20.1. The van der Waals surface area contributed by atoms with Crippen LogP contribution in [0.25, 0.3) is 0 Å². The summed E-state index contributed by atoms with van der Waals surface area (Å²) in [4.78, 5) is 27.2. The van der Waals surface area contributed by atoms with Crippen molar-refractivity contribution < 1.29 is 18.0 Å². The minimum absolute atomic E-state index is 0.00883. The number of carbonyl (C=O) groups is 2. The number of amides is 2. The lowest BCUT2D eigenvalue weighted by molar-refractivity contribution is -0.124. The topological polar surface area (TPSA) is 74.8 Å². The van der Waals surface area contributed by atoms with Crippen molar-refractivity contribution in [1.29, 1.82) is 0 Å². The van der Waals surface area contributed by atoms with Gasteiger partial charge in [0.05, 0.1) is 17.9 Å². The van der Waals surface area contributed by atoms with Crippen LogP contribution >= 0.6 is 0 Å². The molecule has 2 aromatic rings. The predicted molar refractivity (Wildman–Crippen MR) is 109 cm³/mol. The van der Waals surface area contributed by atoms with Crippen LogP contribution in [0, 0.1) is 19.3 Å². The van der Waals surface area contributed by atoms with Crippen molar-refractivity contribution in [1.82, 2.24) is 0 Å². The van der Waals surface area contributed by atoms with E-state index < -0.39 is 21.5 Å². The number of rotatable bonds is 3. The summed E-state index contributed by atoms with van der Waals surface area (Å²) in [5.74, 6) is -0.157. The highest BCUT2D eigenvalue weighted by Crippen LogP contribution is 2.37. The molecule has 0 spiro atoms. The van der Waals surface area contributed by atoms with Crippen molar-refractivity contribution in [3.8, 4) is 0 Å². The summed E-state index contributed by atoms with van der Waals surface area (Å²) in [7, 11) is -4.09.